The molecule has 0 bridgehead atoms. The van der Waals surface area contributed by atoms with E-state index in [9.17, 15) is 28.1 Å². The highest BCUT2D eigenvalue weighted by molar-refractivity contribution is 5.72. The summed E-state index contributed by atoms with van der Waals surface area (Å²) in [6, 6.07) is 7.32. The minimum absolute atomic E-state index is 0.0211. The molecule has 0 aliphatic carbocycles. The molecule has 1 heterocycles. The quantitative estimate of drug-likeness (QED) is 0.359. The highest BCUT2D eigenvalue weighted by atomic mass is 19.4. The monoisotopic (exact) mass is 397 g/mol. The van der Waals surface area contributed by atoms with Gasteiger partial charge >= 0.3 is 11.9 Å². The van der Waals surface area contributed by atoms with E-state index < -0.39 is 16.7 Å². The first-order valence-corrected chi connectivity index (χ1v) is 8.20. The third-order valence-electron chi connectivity index (χ3n) is 3.62. The van der Waals surface area contributed by atoms with Crippen molar-refractivity contribution < 1.29 is 22.9 Å². The molecule has 0 fully saturated rings. The summed E-state index contributed by atoms with van der Waals surface area (Å²) in [7, 11) is 0. The maximum Gasteiger partial charge on any atom is 0.416 e. The fourth-order valence-electron chi connectivity index (χ4n) is 2.25. The molecule has 3 N–H and O–H groups in total. The lowest BCUT2D eigenvalue weighted by Crippen LogP contribution is -2.26. The molecule has 0 radical (unpaired) electrons. The number of carbonyl (C=O) groups excluding carboxylic acids is 1. The van der Waals surface area contributed by atoms with E-state index in [0.717, 1.165) is 12.1 Å². The van der Waals surface area contributed by atoms with Crippen LogP contribution in [0.25, 0.3) is 0 Å². The zero-order valence-electron chi connectivity index (χ0n) is 14.8. The third kappa shape index (κ3) is 6.11. The van der Waals surface area contributed by atoms with Crippen LogP contribution in [-0.4, -0.2) is 28.9 Å². The number of nitrogens with one attached hydrogen (secondary N) is 3. The topological polar surface area (TPSA) is 109 Å². The number of amides is 1. The molecule has 0 saturated heterocycles. The second-order valence-electron chi connectivity index (χ2n) is 5.78. The number of nitrogens with zero attached hydrogens (tertiary/aromatic N) is 2. The maximum absolute atomic E-state index is 12.6. The summed E-state index contributed by atoms with van der Waals surface area (Å²) in [6.45, 7) is 2.04. The van der Waals surface area contributed by atoms with Gasteiger partial charge in [0.25, 0.3) is 0 Å². The van der Waals surface area contributed by atoms with Crippen molar-refractivity contribution in [2.75, 3.05) is 23.7 Å². The van der Waals surface area contributed by atoms with Crippen molar-refractivity contribution in [1.29, 1.82) is 0 Å². The Labute approximate surface area is 158 Å². The Morgan fingerprint density at radius 2 is 1.79 bits per heavy atom. The van der Waals surface area contributed by atoms with Gasteiger partial charge in [-0.25, -0.2) is 4.98 Å². The van der Waals surface area contributed by atoms with Gasteiger partial charge in [0.05, 0.1) is 10.5 Å². The number of hydrogen-bond acceptors (Lipinski definition) is 6. The van der Waals surface area contributed by atoms with Gasteiger partial charge in [-0.3, -0.25) is 14.9 Å². The normalized spacial score (nSPS) is 11.0. The predicted molar refractivity (Wildman–Crippen MR) is 96.8 cm³/mol. The van der Waals surface area contributed by atoms with Gasteiger partial charge in [-0.1, -0.05) is 12.1 Å². The second kappa shape index (κ2) is 9.02. The van der Waals surface area contributed by atoms with E-state index >= 15 is 0 Å². The van der Waals surface area contributed by atoms with Crippen molar-refractivity contribution >= 4 is 23.2 Å². The van der Waals surface area contributed by atoms with E-state index in [2.05, 4.69) is 20.9 Å². The van der Waals surface area contributed by atoms with E-state index in [1.54, 1.807) is 0 Å². The Morgan fingerprint density at radius 3 is 2.36 bits per heavy atom. The highest BCUT2D eigenvalue weighted by Gasteiger charge is 2.29. The van der Waals surface area contributed by atoms with Crippen LogP contribution in [0.2, 0.25) is 0 Å². The van der Waals surface area contributed by atoms with Crippen molar-refractivity contribution in [1.82, 2.24) is 10.3 Å². The summed E-state index contributed by atoms with van der Waals surface area (Å²) in [5.74, 6) is 0.108. The molecule has 150 valence electrons. The third-order valence-corrected chi connectivity index (χ3v) is 3.62. The molecule has 0 unspecified atom stereocenters. The number of rotatable bonds is 8. The second-order valence-corrected chi connectivity index (χ2v) is 5.78. The smallest absolute Gasteiger partial charge is 0.366 e. The number of pyridine rings is 1. The number of alkyl halides is 3. The number of carbonyl (C=O) groups is 1. The SMILES string of the molecule is CC(=O)NCCNc1nc(NCc2ccc(C(F)(F)F)cc2)ccc1[N+](=O)[O-]. The molecule has 2 aromatic rings. The number of halogens is 3. The van der Waals surface area contributed by atoms with Gasteiger partial charge in [0.15, 0.2) is 0 Å². The molecular weight excluding hydrogens is 379 g/mol. The number of benzene rings is 1. The van der Waals surface area contributed by atoms with Crippen molar-refractivity contribution in [3.05, 3.63) is 57.6 Å². The first kappa shape index (κ1) is 20.9. The fraction of sp³-hybridized carbons (Fsp3) is 0.294. The maximum atomic E-state index is 12.6. The van der Waals surface area contributed by atoms with Gasteiger partial charge in [0, 0.05) is 32.6 Å². The summed E-state index contributed by atoms with van der Waals surface area (Å²) in [6.07, 6.45) is -4.40. The van der Waals surface area contributed by atoms with E-state index in [1.807, 2.05) is 0 Å². The van der Waals surface area contributed by atoms with Gasteiger partial charge in [-0.05, 0) is 23.8 Å². The molecule has 28 heavy (non-hydrogen) atoms. The van der Waals surface area contributed by atoms with E-state index in [0.29, 0.717) is 11.4 Å². The van der Waals surface area contributed by atoms with Gasteiger partial charge in [0.2, 0.25) is 11.7 Å². The van der Waals surface area contributed by atoms with Crippen LogP contribution in [0.1, 0.15) is 18.1 Å². The Kier molecular flexibility index (Phi) is 6.74. The molecule has 11 heteroatoms. The van der Waals surface area contributed by atoms with Crippen LogP contribution in [0.3, 0.4) is 0 Å². The predicted octanol–water partition coefficient (Wildman–Crippen LogP) is 3.17. The van der Waals surface area contributed by atoms with Gasteiger partial charge < -0.3 is 16.0 Å². The Bertz CT molecular complexity index is 841. The van der Waals surface area contributed by atoms with Crippen LogP contribution in [0.5, 0.6) is 0 Å². The summed E-state index contributed by atoms with van der Waals surface area (Å²) in [4.78, 5) is 25.5. The van der Waals surface area contributed by atoms with Crippen molar-refractivity contribution in [3.63, 3.8) is 0 Å². The molecule has 1 amide bonds. The van der Waals surface area contributed by atoms with Crippen molar-refractivity contribution in [2.45, 2.75) is 19.6 Å². The van der Waals surface area contributed by atoms with E-state index in [1.165, 1.54) is 31.2 Å². The first-order chi connectivity index (χ1) is 13.2. The van der Waals surface area contributed by atoms with Crippen LogP contribution >= 0.6 is 0 Å². The molecule has 0 saturated carbocycles. The summed E-state index contributed by atoms with van der Waals surface area (Å²) < 4.78 is 37.7. The van der Waals surface area contributed by atoms with Crippen LogP contribution in [0.15, 0.2) is 36.4 Å². The first-order valence-electron chi connectivity index (χ1n) is 8.20. The minimum Gasteiger partial charge on any atom is -0.366 e. The molecule has 8 nitrogen and oxygen atoms in total. The van der Waals surface area contributed by atoms with E-state index in [4.69, 9.17) is 0 Å². The molecule has 0 atom stereocenters. The van der Waals surface area contributed by atoms with Crippen molar-refractivity contribution in [3.8, 4) is 0 Å². The molecule has 0 spiro atoms. The molecule has 1 aromatic carbocycles. The Morgan fingerprint density at radius 1 is 1.11 bits per heavy atom. The zero-order chi connectivity index (χ0) is 20.7. The molecule has 2 rings (SSSR count). The standard InChI is InChI=1S/C17H18F3N5O3/c1-11(26)21-8-9-22-16-14(25(27)28)6-7-15(24-16)23-10-12-2-4-13(5-3-12)17(18,19)20/h2-7H,8-10H2,1H3,(H,21,26)(H2,22,23,24). The largest absolute Gasteiger partial charge is 0.416 e. The lowest BCUT2D eigenvalue weighted by molar-refractivity contribution is -0.384. The molecular formula is C17H18F3N5O3. The fourth-order valence-corrected chi connectivity index (χ4v) is 2.25. The average Bonchev–Trinajstić information content (AvgIpc) is 2.63. The van der Waals surface area contributed by atoms with Gasteiger partial charge in [-0.15, -0.1) is 0 Å². The number of nitro groups is 1. The number of anilines is 2. The summed E-state index contributed by atoms with van der Waals surface area (Å²) in [5.41, 5.74) is -0.383. The molecule has 0 aliphatic rings. The zero-order valence-corrected chi connectivity index (χ0v) is 14.8. The molecule has 1 aromatic heterocycles. The summed E-state index contributed by atoms with van der Waals surface area (Å²) >= 11 is 0. The lowest BCUT2D eigenvalue weighted by atomic mass is 10.1. The Hall–Kier alpha value is -3.37. The van der Waals surface area contributed by atoms with Crippen LogP contribution < -0.4 is 16.0 Å². The van der Waals surface area contributed by atoms with E-state index in [-0.39, 0.29) is 37.0 Å². The van der Waals surface area contributed by atoms with Gasteiger partial charge in [0.1, 0.15) is 5.82 Å². The van der Waals surface area contributed by atoms with Crippen molar-refractivity contribution in [2.24, 2.45) is 0 Å². The van der Waals surface area contributed by atoms with Crippen LogP contribution in [0, 0.1) is 10.1 Å². The summed E-state index contributed by atoms with van der Waals surface area (Å²) in [5, 5.41) is 19.3. The average molecular weight is 397 g/mol. The Balaban J connectivity index is 2.03. The lowest BCUT2D eigenvalue weighted by Gasteiger charge is -2.11. The minimum atomic E-state index is -4.40. The highest BCUT2D eigenvalue weighted by Crippen LogP contribution is 2.29. The number of hydrogen-bond donors (Lipinski definition) is 3. The van der Waals surface area contributed by atoms with Crippen LogP contribution in [-0.2, 0) is 17.5 Å². The van der Waals surface area contributed by atoms with Gasteiger partial charge in [-0.2, -0.15) is 13.2 Å². The van der Waals surface area contributed by atoms with Crippen LogP contribution in [0.4, 0.5) is 30.5 Å². The molecule has 0 aliphatic heterocycles. The number of aromatic nitrogens is 1.